The van der Waals surface area contributed by atoms with Crippen LogP contribution in [0.4, 0.5) is 0 Å². The minimum absolute atomic E-state index is 0.726. The Morgan fingerprint density at radius 2 is 2.00 bits per heavy atom. The highest BCUT2D eigenvalue weighted by Gasteiger charge is 1.99. The Labute approximate surface area is 75.6 Å². The van der Waals surface area contributed by atoms with E-state index < -0.39 is 0 Å². The summed E-state index contributed by atoms with van der Waals surface area (Å²) in [5.74, 6) is 0.845. The molecule has 0 saturated heterocycles. The van der Waals surface area contributed by atoms with Gasteiger partial charge in [-0.2, -0.15) is 0 Å². The zero-order valence-corrected chi connectivity index (χ0v) is 7.08. The van der Waals surface area contributed by atoms with Gasteiger partial charge in [0.2, 0.25) is 0 Å². The van der Waals surface area contributed by atoms with Gasteiger partial charge in [-0.05, 0) is 24.3 Å². The molecule has 60 valence electrons. The van der Waals surface area contributed by atoms with Crippen molar-refractivity contribution in [3.05, 3.63) is 47.7 Å². The highest BCUT2D eigenvalue weighted by atomic mass is 35.5. The summed E-state index contributed by atoms with van der Waals surface area (Å²) in [6.07, 6.45) is 1.65. The first-order valence-corrected chi connectivity index (χ1v) is 4.03. The van der Waals surface area contributed by atoms with E-state index in [0.717, 1.165) is 16.3 Å². The van der Waals surface area contributed by atoms with Crippen molar-refractivity contribution in [1.82, 2.24) is 0 Å². The molecule has 0 bridgehead atoms. The number of hydrogen-bond acceptors (Lipinski definition) is 1. The third-order valence-corrected chi connectivity index (χ3v) is 1.87. The van der Waals surface area contributed by atoms with Crippen molar-refractivity contribution in [3.63, 3.8) is 0 Å². The summed E-state index contributed by atoms with van der Waals surface area (Å²) in [6.45, 7) is 0. The van der Waals surface area contributed by atoms with Crippen LogP contribution >= 0.6 is 11.6 Å². The Hall–Kier alpha value is -1.21. The molecule has 1 aromatic carbocycles. The lowest BCUT2D eigenvalue weighted by atomic mass is 10.2. The second kappa shape index (κ2) is 3.03. The molecule has 12 heavy (non-hydrogen) atoms. The van der Waals surface area contributed by atoms with E-state index in [9.17, 15) is 0 Å². The molecule has 0 spiro atoms. The second-order valence-electron chi connectivity index (χ2n) is 2.49. The van der Waals surface area contributed by atoms with E-state index in [-0.39, 0.29) is 0 Å². The van der Waals surface area contributed by atoms with E-state index in [1.54, 1.807) is 6.26 Å². The standard InChI is InChI=1S/C10H7ClO/c11-9-4-1-3-8(7-9)10-5-2-6-12-10/h1-7H. The first-order chi connectivity index (χ1) is 5.86. The van der Waals surface area contributed by atoms with Crippen molar-refractivity contribution in [1.29, 1.82) is 0 Å². The van der Waals surface area contributed by atoms with E-state index in [2.05, 4.69) is 0 Å². The largest absolute Gasteiger partial charge is 0.464 e. The SMILES string of the molecule is Clc1cccc(-c2ccco2)c1. The average molecular weight is 179 g/mol. The summed E-state index contributed by atoms with van der Waals surface area (Å²) in [6, 6.07) is 11.3. The number of hydrogen-bond donors (Lipinski definition) is 0. The number of furan rings is 1. The maximum absolute atomic E-state index is 5.82. The normalized spacial score (nSPS) is 10.1. The summed E-state index contributed by atoms with van der Waals surface area (Å²) in [5, 5.41) is 0.726. The van der Waals surface area contributed by atoms with Gasteiger partial charge >= 0.3 is 0 Å². The summed E-state index contributed by atoms with van der Waals surface area (Å²) < 4.78 is 5.22. The molecular weight excluding hydrogens is 172 g/mol. The zero-order valence-electron chi connectivity index (χ0n) is 6.33. The summed E-state index contributed by atoms with van der Waals surface area (Å²) in [4.78, 5) is 0. The maximum atomic E-state index is 5.82. The number of benzene rings is 1. The number of rotatable bonds is 1. The highest BCUT2D eigenvalue weighted by Crippen LogP contribution is 2.22. The monoisotopic (exact) mass is 178 g/mol. The van der Waals surface area contributed by atoms with Gasteiger partial charge in [0.15, 0.2) is 0 Å². The molecule has 0 saturated carbocycles. The fourth-order valence-corrected chi connectivity index (χ4v) is 1.27. The Kier molecular flexibility index (Phi) is 1.88. The lowest BCUT2D eigenvalue weighted by Gasteiger charge is -1.95. The topological polar surface area (TPSA) is 13.1 Å². The first-order valence-electron chi connectivity index (χ1n) is 3.66. The van der Waals surface area contributed by atoms with Crippen molar-refractivity contribution in [2.45, 2.75) is 0 Å². The highest BCUT2D eigenvalue weighted by molar-refractivity contribution is 6.30. The maximum Gasteiger partial charge on any atom is 0.133 e. The van der Waals surface area contributed by atoms with E-state index in [4.69, 9.17) is 16.0 Å². The van der Waals surface area contributed by atoms with Crippen LogP contribution in [0.15, 0.2) is 47.1 Å². The number of halogens is 1. The molecule has 0 atom stereocenters. The van der Waals surface area contributed by atoms with Crippen molar-refractivity contribution in [2.24, 2.45) is 0 Å². The Bertz CT molecular complexity index is 365. The summed E-state index contributed by atoms with van der Waals surface area (Å²) >= 11 is 5.82. The molecule has 0 N–H and O–H groups in total. The van der Waals surface area contributed by atoms with Crippen LogP contribution in [0.2, 0.25) is 5.02 Å². The van der Waals surface area contributed by atoms with Crippen LogP contribution in [-0.2, 0) is 0 Å². The van der Waals surface area contributed by atoms with Gasteiger partial charge in [0.1, 0.15) is 5.76 Å². The van der Waals surface area contributed by atoms with Gasteiger partial charge in [0, 0.05) is 10.6 Å². The van der Waals surface area contributed by atoms with E-state index in [0.29, 0.717) is 0 Å². The van der Waals surface area contributed by atoms with E-state index in [1.165, 1.54) is 0 Å². The molecule has 0 unspecified atom stereocenters. The van der Waals surface area contributed by atoms with Gasteiger partial charge in [-0.25, -0.2) is 0 Å². The lowest BCUT2D eigenvalue weighted by Crippen LogP contribution is -1.71. The zero-order chi connectivity index (χ0) is 8.39. The van der Waals surface area contributed by atoms with Crippen molar-refractivity contribution < 1.29 is 4.42 Å². The first kappa shape index (κ1) is 7.44. The van der Waals surface area contributed by atoms with Crippen LogP contribution in [0.25, 0.3) is 11.3 Å². The molecule has 0 fully saturated rings. The fraction of sp³-hybridized carbons (Fsp3) is 0. The van der Waals surface area contributed by atoms with Crippen LogP contribution in [-0.4, -0.2) is 0 Å². The Morgan fingerprint density at radius 3 is 2.67 bits per heavy atom. The quantitative estimate of drug-likeness (QED) is 0.651. The molecule has 0 aliphatic rings. The molecule has 2 heteroatoms. The molecule has 0 aliphatic carbocycles. The summed E-state index contributed by atoms with van der Waals surface area (Å²) in [5.41, 5.74) is 1.01. The predicted molar refractivity (Wildman–Crippen MR) is 49.2 cm³/mol. The van der Waals surface area contributed by atoms with Crippen molar-refractivity contribution in [2.75, 3.05) is 0 Å². The molecular formula is C10H7ClO. The molecule has 0 radical (unpaired) electrons. The van der Waals surface area contributed by atoms with Gasteiger partial charge < -0.3 is 4.42 Å². The summed E-state index contributed by atoms with van der Waals surface area (Å²) in [7, 11) is 0. The van der Waals surface area contributed by atoms with Crippen LogP contribution in [0, 0.1) is 0 Å². The van der Waals surface area contributed by atoms with Gasteiger partial charge in [0.25, 0.3) is 0 Å². The molecule has 1 aromatic heterocycles. The van der Waals surface area contributed by atoms with E-state index >= 15 is 0 Å². The molecule has 0 aliphatic heterocycles. The second-order valence-corrected chi connectivity index (χ2v) is 2.92. The molecule has 2 rings (SSSR count). The van der Waals surface area contributed by atoms with Crippen LogP contribution in [0.5, 0.6) is 0 Å². The molecule has 1 heterocycles. The van der Waals surface area contributed by atoms with E-state index in [1.807, 2.05) is 36.4 Å². The lowest BCUT2D eigenvalue weighted by molar-refractivity contribution is 0.582. The fourth-order valence-electron chi connectivity index (χ4n) is 1.08. The molecule has 1 nitrogen and oxygen atoms in total. The van der Waals surface area contributed by atoms with Gasteiger partial charge in [-0.15, -0.1) is 0 Å². The van der Waals surface area contributed by atoms with Crippen LogP contribution in [0.1, 0.15) is 0 Å². The van der Waals surface area contributed by atoms with Crippen LogP contribution in [0.3, 0.4) is 0 Å². The van der Waals surface area contributed by atoms with Gasteiger partial charge in [-0.3, -0.25) is 0 Å². The minimum Gasteiger partial charge on any atom is -0.464 e. The predicted octanol–water partition coefficient (Wildman–Crippen LogP) is 3.60. The third-order valence-electron chi connectivity index (χ3n) is 1.63. The minimum atomic E-state index is 0.726. The smallest absolute Gasteiger partial charge is 0.133 e. The molecule has 0 amide bonds. The van der Waals surface area contributed by atoms with Gasteiger partial charge in [-0.1, -0.05) is 23.7 Å². The van der Waals surface area contributed by atoms with Crippen molar-refractivity contribution in [3.8, 4) is 11.3 Å². The van der Waals surface area contributed by atoms with Gasteiger partial charge in [0.05, 0.1) is 6.26 Å². The van der Waals surface area contributed by atoms with Crippen molar-refractivity contribution >= 4 is 11.6 Å². The average Bonchev–Trinajstić information content (AvgIpc) is 2.56. The Balaban J connectivity index is 2.48. The molecule has 2 aromatic rings. The van der Waals surface area contributed by atoms with Crippen LogP contribution < -0.4 is 0 Å². The third kappa shape index (κ3) is 1.36. The Morgan fingerprint density at radius 1 is 1.08 bits per heavy atom.